The summed E-state index contributed by atoms with van der Waals surface area (Å²) >= 11 is 0. The van der Waals surface area contributed by atoms with Gasteiger partial charge in [0.05, 0.1) is 0 Å². The van der Waals surface area contributed by atoms with Crippen molar-refractivity contribution in [3.63, 3.8) is 0 Å². The highest BCUT2D eigenvalue weighted by Crippen LogP contribution is 2.37. The zero-order valence-electron chi connectivity index (χ0n) is 17.7. The molecule has 6 heteroatoms. The van der Waals surface area contributed by atoms with Crippen molar-refractivity contribution in [2.24, 2.45) is 0 Å². The molecule has 166 valence electrons. The number of aliphatic carboxylic acids is 1. The first-order valence-corrected chi connectivity index (χ1v) is 10.4. The number of carbonyl (C=O) groups is 1. The number of ether oxygens (including phenoxy) is 1. The second-order valence-corrected chi connectivity index (χ2v) is 7.38. The first-order chi connectivity index (χ1) is 15.4. The molecular weight excluding hydrogens is 411 g/mol. The summed E-state index contributed by atoms with van der Waals surface area (Å²) in [6.45, 7) is 1.45. The zero-order valence-corrected chi connectivity index (χ0v) is 17.7. The van der Waals surface area contributed by atoms with Gasteiger partial charge in [-0.25, -0.2) is 9.18 Å². The lowest BCUT2D eigenvalue weighted by molar-refractivity contribution is -0.139. The van der Waals surface area contributed by atoms with Gasteiger partial charge in [0, 0.05) is 0 Å². The zero-order chi connectivity index (χ0) is 23.1. The van der Waals surface area contributed by atoms with Crippen LogP contribution in [0.4, 0.5) is 4.39 Å². The van der Waals surface area contributed by atoms with Gasteiger partial charge in [0.25, 0.3) is 0 Å². The van der Waals surface area contributed by atoms with Crippen LogP contribution in [0.25, 0.3) is 11.1 Å². The summed E-state index contributed by atoms with van der Waals surface area (Å²) < 4.78 is 19.8. The van der Waals surface area contributed by atoms with Crippen molar-refractivity contribution in [3.05, 3.63) is 89.2 Å². The molecule has 0 aliphatic heterocycles. The van der Waals surface area contributed by atoms with Crippen LogP contribution in [0.2, 0.25) is 0 Å². The third-order valence-corrected chi connectivity index (χ3v) is 5.03. The first-order valence-electron chi connectivity index (χ1n) is 10.4. The minimum Gasteiger partial charge on any atom is -0.508 e. The molecule has 3 N–H and O–H groups in total. The molecule has 0 aliphatic carbocycles. The molecule has 0 aromatic heterocycles. The maximum Gasteiger partial charge on any atom is 0.341 e. The standard InChI is InChI=1S/C26H25FO5/c1-2-3-4-22(19-9-14-24(23(27)15-19)32-16-25(30)31)26(17-5-10-20(28)11-6-17)18-7-12-21(29)13-8-18/h5-15,28-29H,2-4,16H2,1H3,(H,30,31). The van der Waals surface area contributed by atoms with E-state index in [0.29, 0.717) is 12.0 Å². The Balaban J connectivity index is 2.19. The molecule has 0 unspecified atom stereocenters. The Bertz CT molecular complexity index is 1050. The van der Waals surface area contributed by atoms with Crippen LogP contribution in [0.3, 0.4) is 0 Å². The highest BCUT2D eigenvalue weighted by molar-refractivity contribution is 5.98. The summed E-state index contributed by atoms with van der Waals surface area (Å²) in [5, 5.41) is 28.3. The number of unbranched alkanes of at least 4 members (excludes halogenated alkanes) is 1. The van der Waals surface area contributed by atoms with Gasteiger partial charge in [0.1, 0.15) is 11.5 Å². The van der Waals surface area contributed by atoms with Gasteiger partial charge >= 0.3 is 5.97 Å². The van der Waals surface area contributed by atoms with Crippen LogP contribution in [-0.2, 0) is 4.79 Å². The van der Waals surface area contributed by atoms with Crippen LogP contribution in [0.15, 0.2) is 66.7 Å². The first kappa shape index (κ1) is 22.9. The molecule has 32 heavy (non-hydrogen) atoms. The third-order valence-electron chi connectivity index (χ3n) is 5.03. The van der Waals surface area contributed by atoms with Gasteiger partial charge in [0.15, 0.2) is 18.2 Å². The lowest BCUT2D eigenvalue weighted by Crippen LogP contribution is -2.10. The Morgan fingerprint density at radius 1 is 0.875 bits per heavy atom. The quantitative estimate of drug-likeness (QED) is 0.366. The second-order valence-electron chi connectivity index (χ2n) is 7.38. The molecule has 0 amide bonds. The molecule has 0 spiro atoms. The average Bonchev–Trinajstić information content (AvgIpc) is 2.77. The monoisotopic (exact) mass is 436 g/mol. The Morgan fingerprint density at radius 2 is 1.41 bits per heavy atom. The maximum absolute atomic E-state index is 14.8. The van der Waals surface area contributed by atoms with Crippen molar-refractivity contribution in [1.29, 1.82) is 0 Å². The fourth-order valence-corrected chi connectivity index (χ4v) is 3.48. The van der Waals surface area contributed by atoms with Gasteiger partial charge in [-0.3, -0.25) is 0 Å². The van der Waals surface area contributed by atoms with Gasteiger partial charge in [-0.2, -0.15) is 0 Å². The topological polar surface area (TPSA) is 87.0 Å². The summed E-state index contributed by atoms with van der Waals surface area (Å²) in [6.07, 6.45) is 2.47. The summed E-state index contributed by atoms with van der Waals surface area (Å²) in [4.78, 5) is 10.7. The van der Waals surface area contributed by atoms with Gasteiger partial charge < -0.3 is 20.1 Å². The molecule has 0 atom stereocenters. The highest BCUT2D eigenvalue weighted by Gasteiger charge is 2.16. The Morgan fingerprint density at radius 3 is 1.88 bits per heavy atom. The number of carboxylic acids is 1. The number of allylic oxidation sites excluding steroid dienone is 1. The SMILES string of the molecule is CCCCC(=C(c1ccc(O)cc1)c1ccc(O)cc1)c1ccc(OCC(=O)O)c(F)c1. The molecule has 0 fully saturated rings. The molecule has 3 rings (SSSR count). The minimum atomic E-state index is -1.18. The van der Waals surface area contributed by atoms with Crippen LogP contribution < -0.4 is 4.74 Å². The Labute approximate surface area is 186 Å². The summed E-state index contributed by atoms with van der Waals surface area (Å²) in [7, 11) is 0. The maximum atomic E-state index is 14.8. The lowest BCUT2D eigenvalue weighted by atomic mass is 9.87. The average molecular weight is 436 g/mol. The van der Waals surface area contributed by atoms with Crippen LogP contribution in [0.1, 0.15) is 42.9 Å². The fourth-order valence-electron chi connectivity index (χ4n) is 3.48. The van der Waals surface area contributed by atoms with Gasteiger partial charge in [-0.05, 0) is 77.1 Å². The predicted octanol–water partition coefficient (Wildman–Crippen LogP) is 5.85. The molecule has 3 aromatic rings. The van der Waals surface area contributed by atoms with Crippen molar-refractivity contribution in [2.45, 2.75) is 26.2 Å². The number of rotatable bonds is 9. The van der Waals surface area contributed by atoms with Crippen LogP contribution in [0.5, 0.6) is 17.2 Å². The van der Waals surface area contributed by atoms with E-state index in [1.54, 1.807) is 54.6 Å². The number of carboxylic acid groups (broad SMARTS) is 1. The van der Waals surface area contributed by atoms with Crippen molar-refractivity contribution in [3.8, 4) is 17.2 Å². The number of aromatic hydroxyl groups is 2. The summed E-state index contributed by atoms with van der Waals surface area (Å²) in [5.41, 5.74) is 4.08. The Hall–Kier alpha value is -3.80. The number of phenols is 2. The van der Waals surface area contributed by atoms with E-state index >= 15 is 0 Å². The van der Waals surface area contributed by atoms with Crippen molar-refractivity contribution < 1.29 is 29.2 Å². The molecule has 0 bridgehead atoms. The number of halogens is 1. The number of phenolic OH excluding ortho intramolecular Hbond substituents is 2. The van der Waals surface area contributed by atoms with E-state index in [1.165, 1.54) is 12.1 Å². The minimum absolute atomic E-state index is 0.123. The third kappa shape index (κ3) is 5.66. The van der Waals surface area contributed by atoms with Gasteiger partial charge in [0.2, 0.25) is 0 Å². The van der Waals surface area contributed by atoms with Crippen molar-refractivity contribution in [1.82, 2.24) is 0 Å². The lowest BCUT2D eigenvalue weighted by Gasteiger charge is -2.18. The normalized spacial score (nSPS) is 10.6. The molecule has 5 nitrogen and oxygen atoms in total. The molecule has 0 radical (unpaired) electrons. The number of hydrogen-bond acceptors (Lipinski definition) is 4. The van der Waals surface area contributed by atoms with Crippen LogP contribution in [-0.4, -0.2) is 27.9 Å². The van der Waals surface area contributed by atoms with Crippen LogP contribution >= 0.6 is 0 Å². The highest BCUT2D eigenvalue weighted by atomic mass is 19.1. The van der Waals surface area contributed by atoms with E-state index in [2.05, 4.69) is 6.92 Å². The van der Waals surface area contributed by atoms with Gasteiger partial charge in [-0.15, -0.1) is 0 Å². The van der Waals surface area contributed by atoms with Gasteiger partial charge in [-0.1, -0.05) is 43.7 Å². The molecule has 0 saturated carbocycles. The molecule has 0 aliphatic rings. The second kappa shape index (κ2) is 10.5. The molecule has 0 heterocycles. The van der Waals surface area contributed by atoms with E-state index in [9.17, 15) is 19.4 Å². The van der Waals surface area contributed by atoms with E-state index in [1.807, 2.05) is 0 Å². The Kier molecular flexibility index (Phi) is 7.49. The smallest absolute Gasteiger partial charge is 0.341 e. The summed E-state index contributed by atoms with van der Waals surface area (Å²) in [5.74, 6) is -1.67. The van der Waals surface area contributed by atoms with E-state index in [4.69, 9.17) is 9.84 Å². The van der Waals surface area contributed by atoms with Crippen LogP contribution in [0, 0.1) is 5.82 Å². The number of benzene rings is 3. The molecule has 0 saturated heterocycles. The number of hydrogen-bond donors (Lipinski definition) is 3. The predicted molar refractivity (Wildman–Crippen MR) is 121 cm³/mol. The van der Waals surface area contributed by atoms with Crippen molar-refractivity contribution in [2.75, 3.05) is 6.61 Å². The molecule has 3 aromatic carbocycles. The fraction of sp³-hybridized carbons (Fsp3) is 0.192. The van der Waals surface area contributed by atoms with E-state index < -0.39 is 18.4 Å². The molecular formula is C26H25FO5. The largest absolute Gasteiger partial charge is 0.508 e. The summed E-state index contributed by atoms with van der Waals surface area (Å²) in [6, 6.07) is 18.1. The van der Waals surface area contributed by atoms with E-state index in [-0.39, 0.29) is 17.2 Å². The van der Waals surface area contributed by atoms with E-state index in [0.717, 1.165) is 35.1 Å². The van der Waals surface area contributed by atoms with Crippen molar-refractivity contribution >= 4 is 17.1 Å².